The zero-order chi connectivity index (χ0) is 20.0. The van der Waals surface area contributed by atoms with Crippen molar-refractivity contribution in [3.63, 3.8) is 0 Å². The lowest BCUT2D eigenvalue weighted by atomic mass is 10.2. The lowest BCUT2D eigenvalue weighted by Gasteiger charge is -2.15. The molecule has 1 amide bonds. The maximum absolute atomic E-state index is 12.1. The van der Waals surface area contributed by atoms with E-state index in [-0.39, 0.29) is 17.6 Å². The maximum atomic E-state index is 12.1. The predicted octanol–water partition coefficient (Wildman–Crippen LogP) is 4.43. The van der Waals surface area contributed by atoms with Crippen LogP contribution in [0, 0.1) is 6.92 Å². The molecule has 0 aliphatic carbocycles. The first-order chi connectivity index (χ1) is 12.8. The lowest BCUT2D eigenvalue weighted by Crippen LogP contribution is -2.37. The van der Waals surface area contributed by atoms with Crippen molar-refractivity contribution in [2.24, 2.45) is 0 Å². The number of methoxy groups -OCH3 is 2. The van der Waals surface area contributed by atoms with E-state index in [0.717, 1.165) is 14.5 Å². The van der Waals surface area contributed by atoms with Gasteiger partial charge in [-0.1, -0.05) is 15.9 Å². The third-order valence-electron chi connectivity index (χ3n) is 3.45. The van der Waals surface area contributed by atoms with Gasteiger partial charge in [-0.25, -0.2) is 0 Å². The number of ether oxygens (including phenoxy) is 3. The van der Waals surface area contributed by atoms with Gasteiger partial charge >= 0.3 is 0 Å². The Kier molecular flexibility index (Phi) is 7.88. The van der Waals surface area contributed by atoms with Crippen LogP contribution in [-0.4, -0.2) is 31.8 Å². The molecule has 2 N–H and O–H groups in total. The summed E-state index contributed by atoms with van der Waals surface area (Å²) in [5.41, 5.74) is 1.47. The second kappa shape index (κ2) is 9.91. The summed E-state index contributed by atoms with van der Waals surface area (Å²) in [6.07, 6.45) is 0. The Bertz CT molecular complexity index is 838. The van der Waals surface area contributed by atoms with Gasteiger partial charge < -0.3 is 19.5 Å². The Morgan fingerprint density at radius 3 is 2.52 bits per heavy atom. The van der Waals surface area contributed by atoms with Crippen molar-refractivity contribution in [3.05, 3.63) is 44.8 Å². The normalized spacial score (nSPS) is 10.1. The molecule has 0 aromatic heterocycles. The SMILES string of the molecule is COc1ccc(OC)c(NC(=S)NC(=O)COc2c(C)cc(Br)cc2Br)c1. The molecule has 0 saturated heterocycles. The van der Waals surface area contributed by atoms with Crippen molar-refractivity contribution < 1.29 is 19.0 Å². The number of carbonyl (C=O) groups is 1. The minimum absolute atomic E-state index is 0.127. The monoisotopic (exact) mass is 516 g/mol. The first kappa shape index (κ1) is 21.5. The standard InChI is InChI=1S/C18H18Br2N2O4S/c1-10-6-11(19)7-13(20)17(10)26-9-16(23)22-18(27)21-14-8-12(24-2)4-5-15(14)25-3/h4-8H,9H2,1-3H3,(H2,21,22,23,27). The Labute approximate surface area is 179 Å². The molecule has 0 bridgehead atoms. The van der Waals surface area contributed by atoms with Crippen LogP contribution in [0.2, 0.25) is 0 Å². The first-order valence-corrected chi connectivity index (χ1v) is 9.74. The molecule has 0 spiro atoms. The topological polar surface area (TPSA) is 68.8 Å². The summed E-state index contributed by atoms with van der Waals surface area (Å²) < 4.78 is 17.7. The fraction of sp³-hybridized carbons (Fsp3) is 0.222. The molecule has 2 aromatic rings. The fourth-order valence-electron chi connectivity index (χ4n) is 2.24. The van der Waals surface area contributed by atoms with E-state index in [1.165, 1.54) is 0 Å². The molecule has 0 aliphatic rings. The Balaban J connectivity index is 1.96. The molecule has 2 aromatic carbocycles. The van der Waals surface area contributed by atoms with Gasteiger partial charge in [-0.05, 0) is 64.9 Å². The molecule has 0 radical (unpaired) electrons. The number of thiocarbonyl (C=S) groups is 1. The summed E-state index contributed by atoms with van der Waals surface area (Å²) in [4.78, 5) is 12.1. The van der Waals surface area contributed by atoms with Crippen molar-refractivity contribution in [2.75, 3.05) is 26.1 Å². The molecular formula is C18H18Br2N2O4S. The smallest absolute Gasteiger partial charge is 0.264 e. The molecule has 2 rings (SSSR count). The fourth-order valence-corrected chi connectivity index (χ4v) is 4.01. The summed E-state index contributed by atoms with van der Waals surface area (Å²) in [5.74, 6) is 1.41. The number of amides is 1. The highest BCUT2D eigenvalue weighted by Gasteiger charge is 2.12. The van der Waals surface area contributed by atoms with Crippen molar-refractivity contribution >= 4 is 60.8 Å². The van der Waals surface area contributed by atoms with Crippen molar-refractivity contribution in [1.82, 2.24) is 5.32 Å². The van der Waals surface area contributed by atoms with Crippen LogP contribution in [0.1, 0.15) is 5.56 Å². The lowest BCUT2D eigenvalue weighted by molar-refractivity contribution is -0.121. The molecule has 144 valence electrons. The minimum Gasteiger partial charge on any atom is -0.497 e. The highest BCUT2D eigenvalue weighted by atomic mass is 79.9. The largest absolute Gasteiger partial charge is 0.497 e. The summed E-state index contributed by atoms with van der Waals surface area (Å²) in [7, 11) is 3.10. The van der Waals surface area contributed by atoms with Crippen molar-refractivity contribution in [3.8, 4) is 17.2 Å². The summed E-state index contributed by atoms with van der Waals surface area (Å²) in [5, 5.41) is 5.62. The Morgan fingerprint density at radius 2 is 1.89 bits per heavy atom. The van der Waals surface area contributed by atoms with Gasteiger partial charge in [-0.15, -0.1) is 0 Å². The second-order valence-corrected chi connectivity index (χ2v) is 7.57. The summed E-state index contributed by atoms with van der Waals surface area (Å²) in [6, 6.07) is 8.97. The van der Waals surface area contributed by atoms with Gasteiger partial charge in [0.2, 0.25) is 0 Å². The van der Waals surface area contributed by atoms with Gasteiger partial charge in [0.25, 0.3) is 5.91 Å². The molecule has 9 heteroatoms. The number of anilines is 1. The second-order valence-electron chi connectivity index (χ2n) is 5.39. The number of hydrogen-bond donors (Lipinski definition) is 2. The quantitative estimate of drug-likeness (QED) is 0.552. The maximum Gasteiger partial charge on any atom is 0.264 e. The van der Waals surface area contributed by atoms with E-state index in [1.54, 1.807) is 32.4 Å². The Hall–Kier alpha value is -1.84. The number of benzene rings is 2. The van der Waals surface area contributed by atoms with Crippen LogP contribution in [0.15, 0.2) is 39.3 Å². The predicted molar refractivity (Wildman–Crippen MR) is 116 cm³/mol. The number of hydrogen-bond acceptors (Lipinski definition) is 5. The molecule has 0 aliphatic heterocycles. The van der Waals surface area contributed by atoms with Crippen LogP contribution in [0.4, 0.5) is 5.69 Å². The average Bonchev–Trinajstić information content (AvgIpc) is 2.60. The molecule has 0 unspecified atom stereocenters. The van der Waals surface area contributed by atoms with Gasteiger partial charge in [0, 0.05) is 10.5 Å². The molecule has 0 fully saturated rings. The molecule has 27 heavy (non-hydrogen) atoms. The van der Waals surface area contributed by atoms with Crippen LogP contribution >= 0.6 is 44.1 Å². The van der Waals surface area contributed by atoms with Gasteiger partial charge in [-0.2, -0.15) is 0 Å². The van der Waals surface area contributed by atoms with Gasteiger partial charge in [0.1, 0.15) is 17.2 Å². The van der Waals surface area contributed by atoms with Crippen LogP contribution in [0.5, 0.6) is 17.2 Å². The number of carbonyl (C=O) groups excluding carboxylic acids is 1. The molecular weight excluding hydrogens is 500 g/mol. The van der Waals surface area contributed by atoms with Gasteiger partial charge in [0.05, 0.1) is 24.4 Å². The highest BCUT2D eigenvalue weighted by Crippen LogP contribution is 2.32. The molecule has 0 atom stereocenters. The van der Waals surface area contributed by atoms with E-state index >= 15 is 0 Å². The molecule has 0 saturated carbocycles. The molecule has 0 heterocycles. The zero-order valence-corrected chi connectivity index (χ0v) is 18.9. The van der Waals surface area contributed by atoms with Crippen molar-refractivity contribution in [2.45, 2.75) is 6.92 Å². The van der Waals surface area contributed by atoms with Crippen molar-refractivity contribution in [1.29, 1.82) is 0 Å². The van der Waals surface area contributed by atoms with Crippen LogP contribution in [0.3, 0.4) is 0 Å². The van der Waals surface area contributed by atoms with E-state index in [9.17, 15) is 4.79 Å². The van der Waals surface area contributed by atoms with E-state index < -0.39 is 0 Å². The molecule has 6 nitrogen and oxygen atoms in total. The van der Waals surface area contributed by atoms with Crippen LogP contribution in [0.25, 0.3) is 0 Å². The third kappa shape index (κ3) is 6.08. The summed E-state index contributed by atoms with van der Waals surface area (Å²) >= 11 is 12.0. The van der Waals surface area contributed by atoms with E-state index in [1.807, 2.05) is 19.1 Å². The number of aryl methyl sites for hydroxylation is 1. The minimum atomic E-state index is -0.386. The van der Waals surface area contributed by atoms with Crippen LogP contribution < -0.4 is 24.8 Å². The van der Waals surface area contributed by atoms with Gasteiger partial charge in [0.15, 0.2) is 11.7 Å². The van der Waals surface area contributed by atoms with E-state index in [4.69, 9.17) is 26.4 Å². The summed E-state index contributed by atoms with van der Waals surface area (Å²) in [6.45, 7) is 1.71. The zero-order valence-electron chi connectivity index (χ0n) is 14.9. The number of nitrogens with one attached hydrogen (secondary N) is 2. The van der Waals surface area contributed by atoms with Gasteiger partial charge in [-0.3, -0.25) is 10.1 Å². The van der Waals surface area contributed by atoms with Crippen LogP contribution in [-0.2, 0) is 4.79 Å². The van der Waals surface area contributed by atoms with E-state index in [2.05, 4.69) is 42.5 Å². The number of halogens is 2. The average molecular weight is 518 g/mol. The Morgan fingerprint density at radius 1 is 1.15 bits per heavy atom. The first-order valence-electron chi connectivity index (χ1n) is 7.75. The highest BCUT2D eigenvalue weighted by molar-refractivity contribution is 9.11. The third-order valence-corrected chi connectivity index (χ3v) is 4.70. The number of rotatable bonds is 6. The van der Waals surface area contributed by atoms with E-state index in [0.29, 0.717) is 22.9 Å².